The number of aromatic nitrogens is 1. The van der Waals surface area contributed by atoms with Crippen LogP contribution in [0.3, 0.4) is 0 Å². The number of aromatic amines is 1. The minimum absolute atomic E-state index is 0.0190. The summed E-state index contributed by atoms with van der Waals surface area (Å²) in [7, 11) is 0. The third kappa shape index (κ3) is 3.33. The first-order valence-corrected chi connectivity index (χ1v) is 11.9. The van der Waals surface area contributed by atoms with Gasteiger partial charge in [0.1, 0.15) is 0 Å². The number of amides is 2. The minimum atomic E-state index is -0.684. The van der Waals surface area contributed by atoms with Gasteiger partial charge in [0, 0.05) is 0 Å². The molecule has 2 amide bonds. The molecule has 3 N–H and O–H groups in total. The molecule has 1 unspecified atom stereocenters. The van der Waals surface area contributed by atoms with E-state index in [1.54, 1.807) is 4.90 Å². The van der Waals surface area contributed by atoms with Crippen LogP contribution < -0.4 is 31.8 Å². The number of H-pyrrole nitrogens is 1. The van der Waals surface area contributed by atoms with Gasteiger partial charge in [-0.15, -0.1) is 0 Å². The van der Waals surface area contributed by atoms with Crippen molar-refractivity contribution in [2.75, 3.05) is 9.33 Å². The van der Waals surface area contributed by atoms with Crippen molar-refractivity contribution >= 4 is 28.4 Å². The SMILES string of the molecule is C=CC(=O)N(c1cccc(-c2c(F)cc(C(N)=O)c3[nH]c(C)c(C)c23)c1)C1C[I-]1. The van der Waals surface area contributed by atoms with Crippen molar-refractivity contribution in [2.45, 2.75) is 17.9 Å². The molecule has 0 radical (unpaired) electrons. The average molecular weight is 504 g/mol. The number of alkyl halides is 2. The van der Waals surface area contributed by atoms with Crippen LogP contribution in [0.15, 0.2) is 43.0 Å². The van der Waals surface area contributed by atoms with Gasteiger partial charge in [0.15, 0.2) is 0 Å². The molecule has 7 heteroatoms. The second-order valence-corrected chi connectivity index (χ2v) is 10.2. The van der Waals surface area contributed by atoms with E-state index in [0.29, 0.717) is 22.0 Å². The average Bonchev–Trinajstić information content (AvgIpc) is 3.48. The Morgan fingerprint density at radius 2 is 2.07 bits per heavy atom. The number of halogens is 2. The van der Waals surface area contributed by atoms with Gasteiger partial charge in [-0.2, -0.15) is 0 Å². The maximum absolute atomic E-state index is 15.2. The van der Waals surface area contributed by atoms with Gasteiger partial charge in [-0.05, 0) is 0 Å². The number of benzene rings is 2. The molecule has 1 atom stereocenters. The molecule has 1 aliphatic rings. The van der Waals surface area contributed by atoms with Gasteiger partial charge in [-0.1, -0.05) is 0 Å². The number of carbonyl (C=O) groups is 2. The van der Waals surface area contributed by atoms with Crippen molar-refractivity contribution < 1.29 is 35.2 Å². The van der Waals surface area contributed by atoms with E-state index in [4.69, 9.17) is 5.73 Å². The second kappa shape index (κ2) is 7.29. The number of carbonyl (C=O) groups excluding carboxylic acids is 2. The Hall–Kier alpha value is -2.68. The van der Waals surface area contributed by atoms with Gasteiger partial charge in [0.05, 0.1) is 0 Å². The molecule has 2 aromatic carbocycles. The number of hydrogen-bond donors (Lipinski definition) is 2. The van der Waals surface area contributed by atoms with Crippen molar-refractivity contribution in [3.05, 3.63) is 65.6 Å². The third-order valence-corrected chi connectivity index (χ3v) is 7.42. The molecule has 0 bridgehead atoms. The van der Waals surface area contributed by atoms with Crippen LogP contribution in [0.2, 0.25) is 0 Å². The van der Waals surface area contributed by atoms with E-state index >= 15 is 4.39 Å². The number of anilines is 1. The van der Waals surface area contributed by atoms with E-state index in [1.165, 1.54) is 12.1 Å². The van der Waals surface area contributed by atoms with Gasteiger partial charge < -0.3 is 0 Å². The summed E-state index contributed by atoms with van der Waals surface area (Å²) in [6, 6.07) is 8.49. The molecular formula is C22H20FIN3O2-. The molecule has 2 heterocycles. The first-order valence-electron chi connectivity index (χ1n) is 9.08. The fourth-order valence-corrected chi connectivity index (χ4v) is 5.23. The molecule has 0 aliphatic carbocycles. The van der Waals surface area contributed by atoms with Gasteiger partial charge in [-0.3, -0.25) is 0 Å². The van der Waals surface area contributed by atoms with Crippen LogP contribution in [0.5, 0.6) is 0 Å². The Balaban J connectivity index is 1.95. The number of nitrogens with zero attached hydrogens (tertiary/aromatic N) is 1. The molecule has 29 heavy (non-hydrogen) atoms. The van der Waals surface area contributed by atoms with Crippen molar-refractivity contribution in [2.24, 2.45) is 5.73 Å². The van der Waals surface area contributed by atoms with Gasteiger partial charge in [0.25, 0.3) is 0 Å². The molecule has 5 nitrogen and oxygen atoms in total. The number of primary amides is 1. The van der Waals surface area contributed by atoms with Gasteiger partial charge in [0.2, 0.25) is 0 Å². The Morgan fingerprint density at radius 3 is 2.69 bits per heavy atom. The molecule has 3 aromatic rings. The number of aryl methyl sites for hydroxylation is 2. The Morgan fingerprint density at radius 1 is 1.34 bits per heavy atom. The molecule has 1 aromatic heterocycles. The summed E-state index contributed by atoms with van der Waals surface area (Å²) in [5.41, 5.74) is 9.59. The second-order valence-electron chi connectivity index (χ2n) is 6.98. The molecule has 1 saturated heterocycles. The number of hydrogen-bond acceptors (Lipinski definition) is 2. The third-order valence-electron chi connectivity index (χ3n) is 5.19. The molecule has 1 fully saturated rings. The first kappa shape index (κ1) is 19.6. The summed E-state index contributed by atoms with van der Waals surface area (Å²) in [5, 5.41) is 0.633. The van der Waals surface area contributed by atoms with Crippen molar-refractivity contribution in [3.63, 3.8) is 0 Å². The van der Waals surface area contributed by atoms with Crippen molar-refractivity contribution in [1.29, 1.82) is 0 Å². The van der Waals surface area contributed by atoms with E-state index in [2.05, 4.69) is 11.6 Å². The first-order chi connectivity index (χ1) is 13.8. The van der Waals surface area contributed by atoms with Gasteiger partial charge in [-0.25, -0.2) is 0 Å². The quantitative estimate of drug-likeness (QED) is 0.232. The fraction of sp³-hybridized carbons (Fsp3) is 0.182. The number of nitrogens with two attached hydrogens (primary N) is 1. The molecule has 0 spiro atoms. The summed E-state index contributed by atoms with van der Waals surface area (Å²) < 4.78 is 16.5. The van der Waals surface area contributed by atoms with Crippen LogP contribution >= 0.6 is 0 Å². The zero-order chi connectivity index (χ0) is 20.9. The van der Waals surface area contributed by atoms with Gasteiger partial charge >= 0.3 is 178 Å². The molecule has 0 saturated carbocycles. The Bertz CT molecular complexity index is 1180. The van der Waals surface area contributed by atoms with Crippen molar-refractivity contribution in [3.8, 4) is 11.1 Å². The molecular weight excluding hydrogens is 484 g/mol. The summed E-state index contributed by atoms with van der Waals surface area (Å²) in [6.07, 6.45) is 1.31. The van der Waals surface area contributed by atoms with E-state index in [1.807, 2.05) is 38.1 Å². The summed E-state index contributed by atoms with van der Waals surface area (Å²) >= 11 is -0.0190. The standard InChI is InChI=1S/C22H20FIN3O2/c1-4-18(28)27(17-10-24-17)14-7-5-6-13(8-14)20-16(23)9-15(22(25)29)21-19(20)11(2)12(3)26-21/h4-9,17,26H,1,10H2,2-3H3,(H2,25,29)/q-1. The fourth-order valence-electron chi connectivity index (χ4n) is 3.61. The van der Waals surface area contributed by atoms with E-state index < -0.39 is 11.7 Å². The van der Waals surface area contributed by atoms with E-state index in [9.17, 15) is 9.59 Å². The normalized spacial score (nSPS) is 15.6. The summed E-state index contributed by atoms with van der Waals surface area (Å²) in [5.74, 6) is -1.35. The Kier molecular flexibility index (Phi) is 4.94. The molecule has 150 valence electrons. The summed E-state index contributed by atoms with van der Waals surface area (Å²) in [6.45, 7) is 7.36. The van der Waals surface area contributed by atoms with Crippen LogP contribution in [0.1, 0.15) is 21.6 Å². The van der Waals surface area contributed by atoms with E-state index in [-0.39, 0.29) is 36.7 Å². The van der Waals surface area contributed by atoms with Crippen molar-refractivity contribution in [1.82, 2.24) is 4.98 Å². The van der Waals surface area contributed by atoms with Crippen LogP contribution in [0, 0.1) is 19.7 Å². The van der Waals surface area contributed by atoms with Crippen LogP contribution in [0.25, 0.3) is 22.0 Å². The molecule has 4 rings (SSSR count). The zero-order valence-corrected chi connectivity index (χ0v) is 18.2. The zero-order valence-electron chi connectivity index (χ0n) is 16.1. The van der Waals surface area contributed by atoms with Crippen LogP contribution in [-0.4, -0.2) is 25.3 Å². The number of nitrogens with one attached hydrogen (secondary N) is 1. The Labute approximate surface area is 178 Å². The van der Waals surface area contributed by atoms with E-state index in [0.717, 1.165) is 21.4 Å². The maximum atomic E-state index is 15.2. The summed E-state index contributed by atoms with van der Waals surface area (Å²) in [4.78, 5) is 29.2. The number of fused-ring (bicyclic) bond motifs is 1. The van der Waals surface area contributed by atoms with Crippen LogP contribution in [-0.2, 0) is 4.79 Å². The predicted molar refractivity (Wildman–Crippen MR) is 108 cm³/mol. The monoisotopic (exact) mass is 504 g/mol. The molecule has 1 aliphatic heterocycles. The predicted octanol–water partition coefficient (Wildman–Crippen LogP) is 0.637. The topological polar surface area (TPSA) is 79.2 Å². The van der Waals surface area contributed by atoms with Crippen LogP contribution in [0.4, 0.5) is 10.1 Å². The number of rotatable bonds is 5.